The van der Waals surface area contributed by atoms with Crippen molar-refractivity contribution in [3.8, 4) is 0 Å². The summed E-state index contributed by atoms with van der Waals surface area (Å²) in [4.78, 5) is 10.4. The normalized spacial score (nSPS) is 10.1. The molecule has 0 saturated carbocycles. The molecule has 2 rings (SSSR count). The van der Waals surface area contributed by atoms with Gasteiger partial charge in [-0.05, 0) is 43.4 Å². The average molecular weight is 340 g/mol. The first-order valence-electron chi connectivity index (χ1n) is 6.15. The minimum atomic E-state index is -0.528. The number of hydrogen-bond acceptors (Lipinski definition) is 3. The molecule has 0 aliphatic carbocycles. The molecule has 2 aromatic carbocycles. The van der Waals surface area contributed by atoms with E-state index in [1.165, 1.54) is 24.3 Å². The molecule has 2 aromatic rings. The van der Waals surface area contributed by atoms with Gasteiger partial charge in [0.2, 0.25) is 0 Å². The number of halogens is 2. The van der Waals surface area contributed by atoms with Crippen molar-refractivity contribution in [1.29, 1.82) is 0 Å². The second-order valence-corrected chi connectivity index (χ2v) is 5.28. The fourth-order valence-corrected chi connectivity index (χ4v) is 2.17. The summed E-state index contributed by atoms with van der Waals surface area (Å²) in [6, 6.07) is 8.77. The van der Waals surface area contributed by atoms with Crippen LogP contribution < -0.4 is 10.6 Å². The minimum Gasteiger partial charge on any atom is -0.332 e. The maximum atomic E-state index is 13.1. The number of benzene rings is 2. The van der Waals surface area contributed by atoms with Crippen LogP contribution in [0.2, 0.25) is 5.02 Å². The molecule has 5 nitrogen and oxygen atoms in total. The molecule has 114 valence electrons. The molecule has 22 heavy (non-hydrogen) atoms. The molecule has 0 aliphatic heterocycles. The Bertz CT molecular complexity index is 755. The molecule has 0 atom stereocenters. The average Bonchev–Trinajstić information content (AvgIpc) is 2.44. The minimum absolute atomic E-state index is 0.00220. The van der Waals surface area contributed by atoms with Crippen LogP contribution >= 0.6 is 23.8 Å². The standard InChI is InChI=1S/C14H11ClFN3O2S/c1-8-2-3-10(7-13(8)19(20)21)18-14(22)17-9-4-5-12(16)11(15)6-9/h2-7H,1H3,(H2,17,18,22). The lowest BCUT2D eigenvalue weighted by atomic mass is 10.2. The van der Waals surface area contributed by atoms with Crippen LogP contribution in [-0.2, 0) is 0 Å². The van der Waals surface area contributed by atoms with Crippen LogP contribution in [0.25, 0.3) is 0 Å². The Kier molecular flexibility index (Phi) is 4.89. The summed E-state index contributed by atoms with van der Waals surface area (Å²) in [6.45, 7) is 1.65. The Labute approximate surface area is 136 Å². The van der Waals surface area contributed by atoms with Crippen molar-refractivity contribution in [2.24, 2.45) is 0 Å². The molecule has 0 unspecified atom stereocenters. The summed E-state index contributed by atoms with van der Waals surface area (Å²) in [7, 11) is 0. The second-order valence-electron chi connectivity index (χ2n) is 4.47. The summed E-state index contributed by atoms with van der Waals surface area (Å²) in [5.74, 6) is -0.528. The Morgan fingerprint density at radius 2 is 1.82 bits per heavy atom. The number of nitrogens with one attached hydrogen (secondary N) is 2. The molecule has 2 N–H and O–H groups in total. The molecular formula is C14H11ClFN3O2S. The van der Waals surface area contributed by atoms with E-state index in [0.717, 1.165) is 0 Å². The molecule has 0 aliphatic rings. The quantitative estimate of drug-likeness (QED) is 0.489. The number of nitro benzene ring substituents is 1. The highest BCUT2D eigenvalue weighted by atomic mass is 35.5. The number of aryl methyl sites for hydroxylation is 1. The third kappa shape index (κ3) is 3.90. The predicted molar refractivity (Wildman–Crippen MR) is 89.1 cm³/mol. The Hall–Kier alpha value is -2.25. The van der Waals surface area contributed by atoms with Gasteiger partial charge in [0, 0.05) is 23.0 Å². The van der Waals surface area contributed by atoms with Gasteiger partial charge in [-0.2, -0.15) is 0 Å². The monoisotopic (exact) mass is 339 g/mol. The van der Waals surface area contributed by atoms with Crippen molar-refractivity contribution in [3.05, 3.63) is 62.9 Å². The summed E-state index contributed by atoms with van der Waals surface area (Å²) in [5, 5.41) is 16.7. The molecule has 0 fully saturated rings. The van der Waals surface area contributed by atoms with Crippen molar-refractivity contribution in [1.82, 2.24) is 0 Å². The van der Waals surface area contributed by atoms with Crippen molar-refractivity contribution in [2.45, 2.75) is 6.92 Å². The predicted octanol–water partition coefficient (Wildman–Crippen LogP) is 4.50. The van der Waals surface area contributed by atoms with E-state index in [0.29, 0.717) is 16.9 Å². The zero-order valence-electron chi connectivity index (χ0n) is 11.4. The number of rotatable bonds is 3. The third-order valence-electron chi connectivity index (χ3n) is 2.84. The molecule has 0 bridgehead atoms. The van der Waals surface area contributed by atoms with Crippen LogP contribution in [0.15, 0.2) is 36.4 Å². The third-order valence-corrected chi connectivity index (χ3v) is 3.33. The van der Waals surface area contributed by atoms with Gasteiger partial charge in [-0.1, -0.05) is 17.7 Å². The van der Waals surface area contributed by atoms with Gasteiger partial charge in [-0.15, -0.1) is 0 Å². The molecule has 0 heterocycles. The summed E-state index contributed by atoms with van der Waals surface area (Å²) >= 11 is 10.8. The maximum Gasteiger partial charge on any atom is 0.274 e. The largest absolute Gasteiger partial charge is 0.332 e. The highest BCUT2D eigenvalue weighted by Gasteiger charge is 2.11. The van der Waals surface area contributed by atoms with Crippen molar-refractivity contribution in [3.63, 3.8) is 0 Å². The van der Waals surface area contributed by atoms with Crippen LogP contribution in [0, 0.1) is 22.9 Å². The van der Waals surface area contributed by atoms with E-state index < -0.39 is 10.7 Å². The van der Waals surface area contributed by atoms with E-state index in [-0.39, 0.29) is 15.8 Å². The van der Waals surface area contributed by atoms with E-state index in [4.69, 9.17) is 23.8 Å². The van der Waals surface area contributed by atoms with Gasteiger partial charge in [0.1, 0.15) is 5.82 Å². The van der Waals surface area contributed by atoms with Crippen molar-refractivity contribution in [2.75, 3.05) is 10.6 Å². The van der Waals surface area contributed by atoms with Crippen LogP contribution in [0.3, 0.4) is 0 Å². The van der Waals surface area contributed by atoms with Crippen LogP contribution in [0.5, 0.6) is 0 Å². The SMILES string of the molecule is Cc1ccc(NC(=S)Nc2ccc(F)c(Cl)c2)cc1[N+](=O)[O-]. The van der Waals surface area contributed by atoms with Crippen molar-refractivity contribution < 1.29 is 9.31 Å². The Morgan fingerprint density at radius 3 is 2.41 bits per heavy atom. The number of anilines is 2. The lowest BCUT2D eigenvalue weighted by molar-refractivity contribution is -0.385. The molecule has 0 aromatic heterocycles. The number of nitrogens with zero attached hydrogens (tertiary/aromatic N) is 1. The van der Waals surface area contributed by atoms with Gasteiger partial charge in [-0.25, -0.2) is 4.39 Å². The molecule has 0 radical (unpaired) electrons. The number of thiocarbonyl (C=S) groups is 1. The second kappa shape index (κ2) is 6.67. The first-order chi connectivity index (χ1) is 10.4. The van der Waals surface area contributed by atoms with Crippen LogP contribution in [0.4, 0.5) is 21.5 Å². The van der Waals surface area contributed by atoms with Gasteiger partial charge in [0.15, 0.2) is 5.11 Å². The lowest BCUT2D eigenvalue weighted by Crippen LogP contribution is -2.19. The highest BCUT2D eigenvalue weighted by molar-refractivity contribution is 7.80. The van der Waals surface area contributed by atoms with Crippen LogP contribution in [0.1, 0.15) is 5.56 Å². The number of hydrogen-bond donors (Lipinski definition) is 2. The highest BCUT2D eigenvalue weighted by Crippen LogP contribution is 2.23. The van der Waals surface area contributed by atoms with Gasteiger partial charge in [0.25, 0.3) is 5.69 Å². The molecule has 0 saturated heterocycles. The molecule has 0 spiro atoms. The van der Waals surface area contributed by atoms with Crippen molar-refractivity contribution >= 4 is 46.0 Å². The van der Waals surface area contributed by atoms with Crippen LogP contribution in [-0.4, -0.2) is 10.0 Å². The van der Waals surface area contributed by atoms with E-state index in [9.17, 15) is 14.5 Å². The topological polar surface area (TPSA) is 67.2 Å². The van der Waals surface area contributed by atoms with E-state index in [1.807, 2.05) is 0 Å². The van der Waals surface area contributed by atoms with Gasteiger partial charge in [-0.3, -0.25) is 10.1 Å². The number of nitro groups is 1. The summed E-state index contributed by atoms with van der Waals surface area (Å²) < 4.78 is 13.1. The van der Waals surface area contributed by atoms with E-state index >= 15 is 0 Å². The summed E-state index contributed by atoms with van der Waals surface area (Å²) in [6.07, 6.45) is 0. The van der Waals surface area contributed by atoms with Gasteiger partial charge in [0.05, 0.1) is 9.95 Å². The van der Waals surface area contributed by atoms with Gasteiger partial charge >= 0.3 is 0 Å². The smallest absolute Gasteiger partial charge is 0.274 e. The van der Waals surface area contributed by atoms with E-state index in [2.05, 4.69) is 10.6 Å². The Morgan fingerprint density at radius 1 is 1.23 bits per heavy atom. The lowest BCUT2D eigenvalue weighted by Gasteiger charge is -2.11. The fourth-order valence-electron chi connectivity index (χ4n) is 1.75. The summed E-state index contributed by atoms with van der Waals surface area (Å²) in [5.41, 5.74) is 1.53. The zero-order chi connectivity index (χ0) is 16.3. The maximum absolute atomic E-state index is 13.1. The van der Waals surface area contributed by atoms with Gasteiger partial charge < -0.3 is 10.6 Å². The fraction of sp³-hybridized carbons (Fsp3) is 0.0714. The zero-order valence-corrected chi connectivity index (χ0v) is 13.0. The molecule has 0 amide bonds. The Balaban J connectivity index is 2.10. The first kappa shape index (κ1) is 16.1. The first-order valence-corrected chi connectivity index (χ1v) is 6.93. The van der Waals surface area contributed by atoms with E-state index in [1.54, 1.807) is 19.1 Å². The molecular weight excluding hydrogens is 329 g/mol. The molecule has 8 heteroatoms.